The molecule has 0 bridgehead atoms. The molecule has 3 rings (SSSR count). The van der Waals surface area contributed by atoms with E-state index < -0.39 is 0 Å². The van der Waals surface area contributed by atoms with Crippen molar-refractivity contribution in [2.75, 3.05) is 19.7 Å². The number of nitrogens with zero attached hydrogens (tertiary/aromatic N) is 1. The summed E-state index contributed by atoms with van der Waals surface area (Å²) >= 11 is 0. The van der Waals surface area contributed by atoms with Gasteiger partial charge in [-0.1, -0.05) is 24.3 Å². The molecule has 0 aliphatic carbocycles. The summed E-state index contributed by atoms with van der Waals surface area (Å²) in [5, 5.41) is 3.10. The predicted octanol–water partition coefficient (Wildman–Crippen LogP) is 3.49. The highest BCUT2D eigenvalue weighted by Gasteiger charge is 2.24. The maximum Gasteiger partial charge on any atom is 0.251 e. The highest BCUT2D eigenvalue weighted by molar-refractivity contribution is 5.94. The molecule has 2 amide bonds. The SMILES string of the molecule is Cc1ccc(C(=O)NC2CCN(C(=O)CCOc3ccccc3)CC2)cc1C. The zero-order valence-corrected chi connectivity index (χ0v) is 16.6. The maximum absolute atomic E-state index is 12.5. The third-order valence-electron chi connectivity index (χ3n) is 5.28. The topological polar surface area (TPSA) is 58.6 Å². The normalized spacial score (nSPS) is 14.6. The summed E-state index contributed by atoms with van der Waals surface area (Å²) in [4.78, 5) is 26.7. The number of aryl methyl sites for hydroxylation is 2. The Bertz CT molecular complexity index is 812. The van der Waals surface area contributed by atoms with E-state index in [-0.39, 0.29) is 17.9 Å². The minimum Gasteiger partial charge on any atom is -0.493 e. The van der Waals surface area contributed by atoms with Crippen LogP contribution in [0.5, 0.6) is 5.75 Å². The number of ether oxygens (including phenoxy) is 1. The van der Waals surface area contributed by atoms with Gasteiger partial charge < -0.3 is 15.0 Å². The van der Waals surface area contributed by atoms with Gasteiger partial charge in [0.2, 0.25) is 5.91 Å². The Labute approximate surface area is 166 Å². The van der Waals surface area contributed by atoms with E-state index in [4.69, 9.17) is 4.74 Å². The van der Waals surface area contributed by atoms with Crippen LogP contribution in [-0.4, -0.2) is 42.5 Å². The molecule has 1 aliphatic rings. The molecule has 0 atom stereocenters. The van der Waals surface area contributed by atoms with Crippen LogP contribution < -0.4 is 10.1 Å². The van der Waals surface area contributed by atoms with Crippen LogP contribution in [0.15, 0.2) is 48.5 Å². The molecule has 1 saturated heterocycles. The van der Waals surface area contributed by atoms with Crippen LogP contribution in [0.4, 0.5) is 0 Å². The summed E-state index contributed by atoms with van der Waals surface area (Å²) in [5.41, 5.74) is 2.99. The predicted molar refractivity (Wildman–Crippen MR) is 110 cm³/mol. The first kappa shape index (κ1) is 19.9. The minimum atomic E-state index is -0.0378. The number of para-hydroxylation sites is 1. The zero-order valence-electron chi connectivity index (χ0n) is 16.6. The Kier molecular flexibility index (Phi) is 6.69. The van der Waals surface area contributed by atoms with Crippen molar-refractivity contribution < 1.29 is 14.3 Å². The number of piperidine rings is 1. The molecule has 1 N–H and O–H groups in total. The van der Waals surface area contributed by atoms with Gasteiger partial charge >= 0.3 is 0 Å². The fourth-order valence-corrected chi connectivity index (χ4v) is 3.36. The van der Waals surface area contributed by atoms with Gasteiger partial charge in [-0.3, -0.25) is 9.59 Å². The number of amides is 2. The largest absolute Gasteiger partial charge is 0.493 e. The van der Waals surface area contributed by atoms with Gasteiger partial charge in [0.1, 0.15) is 5.75 Å². The number of hydrogen-bond donors (Lipinski definition) is 1. The van der Waals surface area contributed by atoms with Gasteiger partial charge in [0, 0.05) is 24.7 Å². The van der Waals surface area contributed by atoms with E-state index in [9.17, 15) is 9.59 Å². The smallest absolute Gasteiger partial charge is 0.251 e. The van der Waals surface area contributed by atoms with Gasteiger partial charge in [0.15, 0.2) is 0 Å². The average molecular weight is 380 g/mol. The first-order valence-corrected chi connectivity index (χ1v) is 9.86. The zero-order chi connectivity index (χ0) is 19.9. The van der Waals surface area contributed by atoms with Crippen LogP contribution in [0.25, 0.3) is 0 Å². The lowest BCUT2D eigenvalue weighted by Gasteiger charge is -2.32. The van der Waals surface area contributed by atoms with E-state index in [0.717, 1.165) is 24.2 Å². The summed E-state index contributed by atoms with van der Waals surface area (Å²) in [6.45, 7) is 5.77. The van der Waals surface area contributed by atoms with Crippen molar-refractivity contribution in [1.29, 1.82) is 0 Å². The highest BCUT2D eigenvalue weighted by Crippen LogP contribution is 2.15. The van der Waals surface area contributed by atoms with Gasteiger partial charge in [0.25, 0.3) is 5.91 Å². The number of rotatable bonds is 6. The Hall–Kier alpha value is -2.82. The Morgan fingerprint density at radius 2 is 1.75 bits per heavy atom. The summed E-state index contributed by atoms with van der Waals surface area (Å²) in [5.74, 6) is 0.849. The molecule has 0 saturated carbocycles. The summed E-state index contributed by atoms with van der Waals surface area (Å²) in [7, 11) is 0. The van der Waals surface area contributed by atoms with Crippen molar-refractivity contribution >= 4 is 11.8 Å². The second kappa shape index (κ2) is 9.40. The van der Waals surface area contributed by atoms with Crippen molar-refractivity contribution in [2.24, 2.45) is 0 Å². The van der Waals surface area contributed by atoms with Gasteiger partial charge in [-0.2, -0.15) is 0 Å². The second-order valence-electron chi connectivity index (χ2n) is 7.34. The summed E-state index contributed by atoms with van der Waals surface area (Å²) in [6, 6.07) is 15.4. The van der Waals surface area contributed by atoms with Crippen LogP contribution in [0.3, 0.4) is 0 Å². The number of carbonyl (C=O) groups excluding carboxylic acids is 2. The maximum atomic E-state index is 12.5. The number of likely N-dealkylation sites (tertiary alicyclic amines) is 1. The average Bonchev–Trinajstić information content (AvgIpc) is 2.71. The standard InChI is InChI=1S/C23H28N2O3/c1-17-8-9-19(16-18(17)2)23(27)24-20-10-13-25(14-11-20)22(26)12-15-28-21-6-4-3-5-7-21/h3-9,16,20H,10-15H2,1-2H3,(H,24,27). The third-order valence-corrected chi connectivity index (χ3v) is 5.28. The van der Waals surface area contributed by atoms with Crippen LogP contribution in [0.1, 0.15) is 40.7 Å². The van der Waals surface area contributed by atoms with Crippen LogP contribution >= 0.6 is 0 Å². The lowest BCUT2D eigenvalue weighted by atomic mass is 10.0. The molecule has 28 heavy (non-hydrogen) atoms. The van der Waals surface area contributed by atoms with E-state index in [1.807, 2.05) is 67.3 Å². The van der Waals surface area contributed by atoms with E-state index in [1.54, 1.807) is 0 Å². The molecule has 0 aromatic heterocycles. The molecule has 5 nitrogen and oxygen atoms in total. The fourth-order valence-electron chi connectivity index (χ4n) is 3.36. The number of hydrogen-bond acceptors (Lipinski definition) is 3. The number of nitrogens with one attached hydrogen (secondary N) is 1. The highest BCUT2D eigenvalue weighted by atomic mass is 16.5. The molecular formula is C23H28N2O3. The second-order valence-corrected chi connectivity index (χ2v) is 7.34. The third kappa shape index (κ3) is 5.35. The van der Waals surface area contributed by atoms with Crippen LogP contribution in [0, 0.1) is 13.8 Å². The molecule has 0 spiro atoms. The molecule has 2 aromatic carbocycles. The van der Waals surface area contributed by atoms with Crippen molar-refractivity contribution in [1.82, 2.24) is 10.2 Å². The van der Waals surface area contributed by atoms with Crippen molar-refractivity contribution in [2.45, 2.75) is 39.2 Å². The Balaban J connectivity index is 1.40. The number of carbonyl (C=O) groups is 2. The first-order chi connectivity index (χ1) is 13.5. The van der Waals surface area contributed by atoms with E-state index in [1.165, 1.54) is 5.56 Å². The molecule has 2 aromatic rings. The summed E-state index contributed by atoms with van der Waals surface area (Å²) < 4.78 is 5.60. The minimum absolute atomic E-state index is 0.0378. The van der Waals surface area contributed by atoms with Crippen LogP contribution in [0.2, 0.25) is 0 Å². The fraction of sp³-hybridized carbons (Fsp3) is 0.391. The lowest BCUT2D eigenvalue weighted by molar-refractivity contribution is -0.132. The van der Waals surface area contributed by atoms with Crippen molar-refractivity contribution in [3.05, 3.63) is 65.2 Å². The molecule has 1 aliphatic heterocycles. The van der Waals surface area contributed by atoms with Crippen molar-refractivity contribution in [3.63, 3.8) is 0 Å². The molecule has 0 unspecified atom stereocenters. The quantitative estimate of drug-likeness (QED) is 0.835. The summed E-state index contributed by atoms with van der Waals surface area (Å²) in [6.07, 6.45) is 1.93. The Morgan fingerprint density at radius 3 is 2.43 bits per heavy atom. The van der Waals surface area contributed by atoms with Gasteiger partial charge in [0.05, 0.1) is 13.0 Å². The van der Waals surface area contributed by atoms with Gasteiger partial charge in [-0.05, 0) is 62.1 Å². The molecule has 148 valence electrons. The molecule has 1 fully saturated rings. The molecular weight excluding hydrogens is 352 g/mol. The first-order valence-electron chi connectivity index (χ1n) is 9.86. The van der Waals surface area contributed by atoms with Crippen LogP contribution in [-0.2, 0) is 4.79 Å². The molecule has 0 radical (unpaired) electrons. The monoisotopic (exact) mass is 380 g/mol. The van der Waals surface area contributed by atoms with Crippen molar-refractivity contribution in [3.8, 4) is 5.75 Å². The molecule has 5 heteroatoms. The van der Waals surface area contributed by atoms with E-state index >= 15 is 0 Å². The lowest BCUT2D eigenvalue weighted by Crippen LogP contribution is -2.46. The van der Waals surface area contributed by atoms with E-state index in [0.29, 0.717) is 31.7 Å². The number of benzene rings is 2. The van der Waals surface area contributed by atoms with Gasteiger partial charge in [-0.15, -0.1) is 0 Å². The molecule has 1 heterocycles. The van der Waals surface area contributed by atoms with E-state index in [2.05, 4.69) is 5.32 Å². The van der Waals surface area contributed by atoms with Gasteiger partial charge in [-0.25, -0.2) is 0 Å². The Morgan fingerprint density at radius 1 is 1.04 bits per heavy atom.